The van der Waals surface area contributed by atoms with Gasteiger partial charge in [0.1, 0.15) is 0 Å². The van der Waals surface area contributed by atoms with E-state index >= 15 is 0 Å². The number of nitrogens with zero attached hydrogens (tertiary/aromatic N) is 1. The average molecular weight is 238 g/mol. The monoisotopic (exact) mass is 237 g/mol. The van der Waals surface area contributed by atoms with Crippen LogP contribution in [0.3, 0.4) is 0 Å². The molecule has 1 aliphatic rings. The van der Waals surface area contributed by atoms with Crippen molar-refractivity contribution in [2.45, 2.75) is 32.2 Å². The van der Waals surface area contributed by atoms with Crippen LogP contribution in [0.4, 0.5) is 0 Å². The summed E-state index contributed by atoms with van der Waals surface area (Å²) in [4.78, 5) is 13.4. The van der Waals surface area contributed by atoms with Crippen molar-refractivity contribution in [1.29, 1.82) is 0 Å². The first-order chi connectivity index (χ1) is 7.66. The third-order valence-corrected chi connectivity index (χ3v) is 3.38. The van der Waals surface area contributed by atoms with Crippen LogP contribution in [0.5, 0.6) is 0 Å². The summed E-state index contributed by atoms with van der Waals surface area (Å²) in [7, 11) is 0. The van der Waals surface area contributed by atoms with E-state index in [1.807, 2.05) is 23.1 Å². The molecule has 16 heavy (non-hydrogen) atoms. The van der Waals surface area contributed by atoms with Crippen LogP contribution in [0.15, 0.2) is 24.3 Å². The van der Waals surface area contributed by atoms with Gasteiger partial charge in [0.15, 0.2) is 0 Å². The zero-order chi connectivity index (χ0) is 11.5. The Morgan fingerprint density at radius 1 is 1.56 bits per heavy atom. The Labute approximate surface area is 101 Å². The molecule has 86 valence electrons. The van der Waals surface area contributed by atoms with Crippen LogP contribution in [0.25, 0.3) is 0 Å². The Kier molecular flexibility index (Phi) is 3.49. The lowest BCUT2D eigenvalue weighted by Crippen LogP contribution is -2.34. The van der Waals surface area contributed by atoms with E-state index in [-0.39, 0.29) is 5.91 Å². The standard InChI is InChI=1S/C13H16ClNO/c1-10(16)15-7-3-6-13(15)9-11-4-2-5-12(14)8-11/h2,4-5,8,13H,3,6-7,9H2,1H3. The Morgan fingerprint density at radius 3 is 3.06 bits per heavy atom. The Balaban J connectivity index is 2.06. The van der Waals surface area contributed by atoms with Crippen molar-refractivity contribution in [3.63, 3.8) is 0 Å². The number of likely N-dealkylation sites (tertiary alicyclic amines) is 1. The first kappa shape index (κ1) is 11.5. The SMILES string of the molecule is CC(=O)N1CCCC1Cc1cccc(Cl)c1. The minimum atomic E-state index is 0.185. The van der Waals surface area contributed by atoms with E-state index < -0.39 is 0 Å². The quantitative estimate of drug-likeness (QED) is 0.775. The predicted octanol–water partition coefficient (Wildman–Crippen LogP) is 2.89. The molecular formula is C13H16ClNO. The molecule has 0 aliphatic carbocycles. The van der Waals surface area contributed by atoms with Gasteiger partial charge in [0, 0.05) is 24.5 Å². The number of hydrogen-bond acceptors (Lipinski definition) is 1. The molecule has 1 amide bonds. The topological polar surface area (TPSA) is 20.3 Å². The van der Waals surface area contributed by atoms with Gasteiger partial charge in [0.05, 0.1) is 0 Å². The Bertz CT molecular complexity index is 391. The molecule has 1 aromatic carbocycles. The van der Waals surface area contributed by atoms with E-state index in [0.717, 1.165) is 30.8 Å². The lowest BCUT2D eigenvalue weighted by atomic mass is 10.0. The van der Waals surface area contributed by atoms with E-state index in [9.17, 15) is 4.79 Å². The second-order valence-corrected chi connectivity index (χ2v) is 4.78. The molecule has 2 nitrogen and oxygen atoms in total. The average Bonchev–Trinajstić information content (AvgIpc) is 2.66. The van der Waals surface area contributed by atoms with Crippen molar-refractivity contribution in [3.8, 4) is 0 Å². The molecule has 0 saturated carbocycles. The van der Waals surface area contributed by atoms with Crippen molar-refractivity contribution in [2.24, 2.45) is 0 Å². The first-order valence-corrected chi connectivity index (χ1v) is 6.06. The molecule has 1 aliphatic heterocycles. The molecule has 0 radical (unpaired) electrons. The van der Waals surface area contributed by atoms with Crippen LogP contribution in [0.1, 0.15) is 25.3 Å². The number of amides is 1. The van der Waals surface area contributed by atoms with E-state index in [1.54, 1.807) is 6.92 Å². The van der Waals surface area contributed by atoms with Gasteiger partial charge in [0.2, 0.25) is 5.91 Å². The summed E-state index contributed by atoms with van der Waals surface area (Å²) in [6.07, 6.45) is 3.14. The predicted molar refractivity (Wildman–Crippen MR) is 65.6 cm³/mol. The van der Waals surface area contributed by atoms with Gasteiger partial charge < -0.3 is 4.90 Å². The van der Waals surface area contributed by atoms with E-state index in [1.165, 1.54) is 5.56 Å². The number of halogens is 1. The van der Waals surface area contributed by atoms with Gasteiger partial charge >= 0.3 is 0 Å². The van der Waals surface area contributed by atoms with Gasteiger partial charge in [-0.25, -0.2) is 0 Å². The maximum Gasteiger partial charge on any atom is 0.219 e. The molecule has 1 heterocycles. The molecular weight excluding hydrogens is 222 g/mol. The summed E-state index contributed by atoms with van der Waals surface area (Å²) in [6, 6.07) is 8.25. The highest BCUT2D eigenvalue weighted by atomic mass is 35.5. The second-order valence-electron chi connectivity index (χ2n) is 4.34. The number of benzene rings is 1. The minimum Gasteiger partial charge on any atom is -0.340 e. The molecule has 0 spiro atoms. The summed E-state index contributed by atoms with van der Waals surface area (Å²) in [5.41, 5.74) is 1.21. The van der Waals surface area contributed by atoms with Crippen molar-refractivity contribution >= 4 is 17.5 Å². The molecule has 1 unspecified atom stereocenters. The molecule has 2 rings (SSSR count). The first-order valence-electron chi connectivity index (χ1n) is 5.68. The van der Waals surface area contributed by atoms with Crippen LogP contribution in [0.2, 0.25) is 5.02 Å². The number of carbonyl (C=O) groups is 1. The lowest BCUT2D eigenvalue weighted by molar-refractivity contribution is -0.129. The number of hydrogen-bond donors (Lipinski definition) is 0. The van der Waals surface area contributed by atoms with Crippen LogP contribution in [-0.4, -0.2) is 23.4 Å². The zero-order valence-corrected chi connectivity index (χ0v) is 10.2. The Morgan fingerprint density at radius 2 is 2.38 bits per heavy atom. The van der Waals surface area contributed by atoms with Gasteiger partial charge in [-0.1, -0.05) is 23.7 Å². The summed E-state index contributed by atoms with van der Waals surface area (Å²) in [5.74, 6) is 0.185. The van der Waals surface area contributed by atoms with Gasteiger partial charge in [0.25, 0.3) is 0 Å². The van der Waals surface area contributed by atoms with Crippen LogP contribution >= 0.6 is 11.6 Å². The van der Waals surface area contributed by atoms with E-state index in [0.29, 0.717) is 6.04 Å². The highest BCUT2D eigenvalue weighted by molar-refractivity contribution is 6.30. The van der Waals surface area contributed by atoms with Crippen molar-refractivity contribution in [3.05, 3.63) is 34.9 Å². The zero-order valence-electron chi connectivity index (χ0n) is 9.45. The number of carbonyl (C=O) groups excluding carboxylic acids is 1. The molecule has 1 atom stereocenters. The minimum absolute atomic E-state index is 0.185. The molecule has 0 aromatic heterocycles. The van der Waals surface area contributed by atoms with Crippen LogP contribution in [0, 0.1) is 0 Å². The van der Waals surface area contributed by atoms with Gasteiger partial charge in [-0.2, -0.15) is 0 Å². The largest absolute Gasteiger partial charge is 0.340 e. The smallest absolute Gasteiger partial charge is 0.219 e. The highest BCUT2D eigenvalue weighted by Gasteiger charge is 2.26. The molecule has 0 N–H and O–H groups in total. The van der Waals surface area contributed by atoms with Crippen molar-refractivity contribution in [2.75, 3.05) is 6.54 Å². The fourth-order valence-corrected chi connectivity index (χ4v) is 2.61. The van der Waals surface area contributed by atoms with Gasteiger partial charge in [-0.15, -0.1) is 0 Å². The van der Waals surface area contributed by atoms with Crippen LogP contribution in [-0.2, 0) is 11.2 Å². The maximum absolute atomic E-state index is 11.4. The third kappa shape index (κ3) is 2.56. The molecule has 1 aromatic rings. The van der Waals surface area contributed by atoms with Gasteiger partial charge in [-0.05, 0) is 37.0 Å². The molecule has 1 saturated heterocycles. The maximum atomic E-state index is 11.4. The van der Waals surface area contributed by atoms with E-state index in [2.05, 4.69) is 6.07 Å². The van der Waals surface area contributed by atoms with E-state index in [4.69, 9.17) is 11.6 Å². The normalized spacial score (nSPS) is 20.1. The third-order valence-electron chi connectivity index (χ3n) is 3.14. The number of rotatable bonds is 2. The summed E-state index contributed by atoms with van der Waals surface area (Å²) < 4.78 is 0. The summed E-state index contributed by atoms with van der Waals surface area (Å²) in [5, 5.41) is 0.768. The van der Waals surface area contributed by atoms with Crippen LogP contribution < -0.4 is 0 Å². The Hall–Kier alpha value is -1.02. The lowest BCUT2D eigenvalue weighted by Gasteiger charge is -2.23. The molecule has 3 heteroatoms. The highest BCUT2D eigenvalue weighted by Crippen LogP contribution is 2.22. The fourth-order valence-electron chi connectivity index (χ4n) is 2.40. The van der Waals surface area contributed by atoms with Crippen molar-refractivity contribution < 1.29 is 4.79 Å². The summed E-state index contributed by atoms with van der Waals surface area (Å²) in [6.45, 7) is 2.55. The second kappa shape index (κ2) is 4.88. The summed E-state index contributed by atoms with van der Waals surface area (Å²) >= 11 is 5.95. The van der Waals surface area contributed by atoms with Gasteiger partial charge in [-0.3, -0.25) is 4.79 Å². The fraction of sp³-hybridized carbons (Fsp3) is 0.462. The molecule has 1 fully saturated rings. The molecule has 0 bridgehead atoms. The van der Waals surface area contributed by atoms with Crippen molar-refractivity contribution in [1.82, 2.24) is 4.90 Å².